The van der Waals surface area contributed by atoms with E-state index in [4.69, 9.17) is 23.8 Å². The maximum absolute atomic E-state index is 13.4. The van der Waals surface area contributed by atoms with Gasteiger partial charge in [-0.1, -0.05) is 29.8 Å². The lowest BCUT2D eigenvalue weighted by molar-refractivity contribution is 0.0940. The lowest BCUT2D eigenvalue weighted by atomic mass is 10.2. The van der Waals surface area contributed by atoms with Gasteiger partial charge in [-0.2, -0.15) is 0 Å². The van der Waals surface area contributed by atoms with E-state index >= 15 is 0 Å². The Bertz CT molecular complexity index is 724. The number of thiocarbonyl (C=S) groups is 1. The fraction of sp³-hybridized carbons (Fsp3) is 0.0667. The summed E-state index contributed by atoms with van der Waals surface area (Å²) in [6.45, 7) is 1.89. The minimum Gasteiger partial charge on any atom is -0.331 e. The number of hydrogen-bond donors (Lipinski definition) is 3. The molecule has 0 aromatic heterocycles. The zero-order chi connectivity index (χ0) is 16.1. The highest BCUT2D eigenvalue weighted by Crippen LogP contribution is 2.19. The molecular formula is C15H13ClFN3OS. The highest BCUT2D eigenvalue weighted by atomic mass is 35.5. The van der Waals surface area contributed by atoms with Crippen LogP contribution in [0.3, 0.4) is 0 Å². The molecule has 3 N–H and O–H groups in total. The van der Waals surface area contributed by atoms with Crippen molar-refractivity contribution in [3.05, 3.63) is 64.4 Å². The molecule has 0 aliphatic rings. The molecule has 0 fully saturated rings. The Hall–Kier alpha value is -2.18. The van der Waals surface area contributed by atoms with Crippen molar-refractivity contribution in [2.75, 3.05) is 5.32 Å². The molecule has 1 amide bonds. The fourth-order valence-corrected chi connectivity index (χ4v) is 2.01. The first-order chi connectivity index (χ1) is 10.5. The average molecular weight is 338 g/mol. The van der Waals surface area contributed by atoms with Gasteiger partial charge in [-0.05, 0) is 49.0 Å². The Morgan fingerprint density at radius 3 is 2.59 bits per heavy atom. The van der Waals surface area contributed by atoms with Crippen LogP contribution in [0, 0.1) is 12.7 Å². The third-order valence-electron chi connectivity index (χ3n) is 2.84. The minimum absolute atomic E-state index is 0.0730. The van der Waals surface area contributed by atoms with Crippen molar-refractivity contribution in [3.8, 4) is 0 Å². The predicted molar refractivity (Wildman–Crippen MR) is 89.4 cm³/mol. The summed E-state index contributed by atoms with van der Waals surface area (Å²) in [5, 5.41) is 3.62. The smallest absolute Gasteiger partial charge is 0.272 e. The van der Waals surface area contributed by atoms with Crippen molar-refractivity contribution in [1.82, 2.24) is 10.9 Å². The number of benzene rings is 2. The number of anilines is 1. The van der Waals surface area contributed by atoms with Gasteiger partial charge in [0.15, 0.2) is 5.11 Å². The molecule has 0 saturated carbocycles. The number of carbonyl (C=O) groups is 1. The van der Waals surface area contributed by atoms with E-state index < -0.39 is 11.7 Å². The van der Waals surface area contributed by atoms with Crippen LogP contribution < -0.4 is 16.2 Å². The fourth-order valence-electron chi connectivity index (χ4n) is 1.66. The maximum Gasteiger partial charge on any atom is 0.272 e. The van der Waals surface area contributed by atoms with Crippen molar-refractivity contribution in [3.63, 3.8) is 0 Å². The zero-order valence-corrected chi connectivity index (χ0v) is 13.2. The summed E-state index contributed by atoms with van der Waals surface area (Å²) in [5.41, 5.74) is 6.37. The lowest BCUT2D eigenvalue weighted by Crippen LogP contribution is -2.44. The second-order valence-electron chi connectivity index (χ2n) is 4.48. The van der Waals surface area contributed by atoms with Gasteiger partial charge in [0.1, 0.15) is 5.82 Å². The molecule has 114 valence electrons. The number of carbonyl (C=O) groups excluding carboxylic acids is 1. The minimum atomic E-state index is -0.621. The van der Waals surface area contributed by atoms with Crippen molar-refractivity contribution >= 4 is 40.5 Å². The summed E-state index contributed by atoms with van der Waals surface area (Å²) < 4.78 is 13.4. The van der Waals surface area contributed by atoms with Gasteiger partial charge in [-0.15, -0.1) is 0 Å². The number of rotatable bonds is 2. The summed E-state index contributed by atoms with van der Waals surface area (Å²) in [4.78, 5) is 11.8. The number of nitrogens with one attached hydrogen (secondary N) is 3. The molecule has 0 unspecified atom stereocenters. The van der Waals surface area contributed by atoms with Crippen molar-refractivity contribution in [2.24, 2.45) is 0 Å². The van der Waals surface area contributed by atoms with E-state index in [1.54, 1.807) is 18.2 Å². The van der Waals surface area contributed by atoms with Crippen LogP contribution >= 0.6 is 23.8 Å². The number of halogens is 2. The molecule has 0 spiro atoms. The number of aryl methyl sites for hydroxylation is 1. The number of hydrazine groups is 1. The van der Waals surface area contributed by atoms with E-state index in [0.29, 0.717) is 10.7 Å². The molecule has 22 heavy (non-hydrogen) atoms. The number of amides is 1. The largest absolute Gasteiger partial charge is 0.331 e. The van der Waals surface area contributed by atoms with Crippen LogP contribution in [0.2, 0.25) is 5.02 Å². The maximum atomic E-state index is 13.4. The Morgan fingerprint density at radius 1 is 1.18 bits per heavy atom. The van der Waals surface area contributed by atoms with Gasteiger partial charge in [0, 0.05) is 10.7 Å². The summed E-state index contributed by atoms with van der Waals surface area (Å²) >= 11 is 11.0. The second kappa shape index (κ2) is 7.20. The molecule has 0 bridgehead atoms. The summed E-state index contributed by atoms with van der Waals surface area (Å²) in [7, 11) is 0. The highest BCUT2D eigenvalue weighted by Gasteiger charge is 2.10. The van der Waals surface area contributed by atoms with E-state index in [1.165, 1.54) is 18.2 Å². The van der Waals surface area contributed by atoms with E-state index in [1.807, 2.05) is 13.0 Å². The quantitative estimate of drug-likeness (QED) is 0.580. The van der Waals surface area contributed by atoms with Gasteiger partial charge >= 0.3 is 0 Å². The topological polar surface area (TPSA) is 53.2 Å². The van der Waals surface area contributed by atoms with Crippen LogP contribution in [-0.2, 0) is 0 Å². The lowest BCUT2D eigenvalue weighted by Gasteiger charge is -2.12. The van der Waals surface area contributed by atoms with Crippen molar-refractivity contribution < 1.29 is 9.18 Å². The second-order valence-corrected chi connectivity index (χ2v) is 5.29. The van der Waals surface area contributed by atoms with Gasteiger partial charge < -0.3 is 5.32 Å². The first kappa shape index (κ1) is 16.2. The molecule has 2 aromatic carbocycles. The molecule has 7 heteroatoms. The Balaban J connectivity index is 1.91. The van der Waals surface area contributed by atoms with Crippen LogP contribution in [0.5, 0.6) is 0 Å². The van der Waals surface area contributed by atoms with Crippen LogP contribution in [0.1, 0.15) is 15.9 Å². The zero-order valence-electron chi connectivity index (χ0n) is 11.6. The Morgan fingerprint density at radius 2 is 1.91 bits per heavy atom. The molecular weight excluding hydrogens is 325 g/mol. The van der Waals surface area contributed by atoms with Crippen LogP contribution in [0.25, 0.3) is 0 Å². The van der Waals surface area contributed by atoms with Gasteiger partial charge in [-0.25, -0.2) is 4.39 Å². The van der Waals surface area contributed by atoms with E-state index in [0.717, 1.165) is 5.56 Å². The van der Waals surface area contributed by atoms with E-state index in [-0.39, 0.29) is 10.7 Å². The molecule has 0 saturated heterocycles. The SMILES string of the molecule is Cc1ccc(NC(=S)NNC(=O)c2ccccc2F)cc1Cl. The van der Waals surface area contributed by atoms with Gasteiger partial charge in [-0.3, -0.25) is 15.6 Å². The monoisotopic (exact) mass is 337 g/mol. The molecule has 0 aliphatic carbocycles. The first-order valence-corrected chi connectivity index (χ1v) is 7.14. The molecule has 0 aliphatic heterocycles. The standard InChI is InChI=1S/C15H13ClFN3OS/c1-9-6-7-10(8-12(9)16)18-15(22)20-19-14(21)11-4-2-3-5-13(11)17/h2-8H,1H3,(H,19,21)(H2,18,20,22). The summed E-state index contributed by atoms with van der Waals surface area (Å²) in [6, 6.07) is 11.0. The first-order valence-electron chi connectivity index (χ1n) is 6.35. The van der Waals surface area contributed by atoms with Crippen LogP contribution in [-0.4, -0.2) is 11.0 Å². The summed E-state index contributed by atoms with van der Waals surface area (Å²) in [5.74, 6) is -1.23. The van der Waals surface area contributed by atoms with Crippen LogP contribution in [0.15, 0.2) is 42.5 Å². The molecule has 0 atom stereocenters. The molecule has 0 heterocycles. The Kier molecular flexibility index (Phi) is 5.30. The molecule has 0 radical (unpaired) electrons. The van der Waals surface area contributed by atoms with Crippen molar-refractivity contribution in [1.29, 1.82) is 0 Å². The van der Waals surface area contributed by atoms with E-state index in [2.05, 4.69) is 16.2 Å². The molecule has 2 rings (SSSR count). The average Bonchev–Trinajstić information content (AvgIpc) is 2.49. The normalized spacial score (nSPS) is 9.95. The van der Waals surface area contributed by atoms with Gasteiger partial charge in [0.25, 0.3) is 5.91 Å². The molecule has 2 aromatic rings. The van der Waals surface area contributed by atoms with E-state index in [9.17, 15) is 9.18 Å². The summed E-state index contributed by atoms with van der Waals surface area (Å²) in [6.07, 6.45) is 0. The predicted octanol–water partition coefficient (Wildman–Crippen LogP) is 3.42. The highest BCUT2D eigenvalue weighted by molar-refractivity contribution is 7.80. The van der Waals surface area contributed by atoms with Crippen LogP contribution in [0.4, 0.5) is 10.1 Å². The van der Waals surface area contributed by atoms with Crippen molar-refractivity contribution in [2.45, 2.75) is 6.92 Å². The third-order valence-corrected chi connectivity index (χ3v) is 3.45. The van der Waals surface area contributed by atoms with Gasteiger partial charge in [0.2, 0.25) is 0 Å². The number of hydrogen-bond acceptors (Lipinski definition) is 2. The molecule has 4 nitrogen and oxygen atoms in total. The Labute approximate surface area is 137 Å². The third kappa shape index (κ3) is 4.16. The van der Waals surface area contributed by atoms with Gasteiger partial charge in [0.05, 0.1) is 5.56 Å².